The first kappa shape index (κ1) is 15.4. The van der Waals surface area contributed by atoms with Crippen molar-refractivity contribution < 1.29 is 19.7 Å². The first-order chi connectivity index (χ1) is 10.4. The first-order valence-corrected chi connectivity index (χ1v) is 6.65. The Kier molecular flexibility index (Phi) is 4.37. The van der Waals surface area contributed by atoms with Crippen molar-refractivity contribution in [2.75, 3.05) is 0 Å². The van der Waals surface area contributed by atoms with Crippen molar-refractivity contribution in [2.24, 2.45) is 0 Å². The number of nitro groups is 2. The SMILES string of the molecule is O=C(O)c1ccccc1Sc1ccc([N+](=O)[O-])cc1[N+](=O)[O-]. The van der Waals surface area contributed by atoms with Crippen LogP contribution >= 0.6 is 11.8 Å². The largest absolute Gasteiger partial charge is 0.478 e. The van der Waals surface area contributed by atoms with Gasteiger partial charge in [-0.25, -0.2) is 4.79 Å². The fourth-order valence-corrected chi connectivity index (χ4v) is 2.72. The molecule has 0 saturated heterocycles. The fraction of sp³-hybridized carbons (Fsp3) is 0. The van der Waals surface area contributed by atoms with Crippen molar-refractivity contribution in [1.29, 1.82) is 0 Å². The normalized spacial score (nSPS) is 10.2. The van der Waals surface area contributed by atoms with Gasteiger partial charge in [0, 0.05) is 11.0 Å². The lowest BCUT2D eigenvalue weighted by Crippen LogP contribution is -1.99. The molecule has 0 spiro atoms. The topological polar surface area (TPSA) is 124 Å². The molecule has 0 saturated carbocycles. The zero-order chi connectivity index (χ0) is 16.3. The molecule has 8 nitrogen and oxygen atoms in total. The highest BCUT2D eigenvalue weighted by atomic mass is 32.2. The van der Waals surface area contributed by atoms with Gasteiger partial charge in [0.1, 0.15) is 0 Å². The molecule has 2 rings (SSSR count). The second-order valence-electron chi connectivity index (χ2n) is 4.07. The van der Waals surface area contributed by atoms with Gasteiger partial charge < -0.3 is 5.11 Å². The van der Waals surface area contributed by atoms with Crippen LogP contribution < -0.4 is 0 Å². The highest BCUT2D eigenvalue weighted by molar-refractivity contribution is 7.99. The Hall–Kier alpha value is -2.94. The molecule has 0 aliphatic rings. The lowest BCUT2D eigenvalue weighted by Gasteiger charge is -2.06. The number of hydrogen-bond donors (Lipinski definition) is 1. The van der Waals surface area contributed by atoms with Crippen LogP contribution in [0.2, 0.25) is 0 Å². The van der Waals surface area contributed by atoms with Crippen LogP contribution in [0.4, 0.5) is 11.4 Å². The monoisotopic (exact) mass is 320 g/mol. The Labute approximate surface area is 127 Å². The van der Waals surface area contributed by atoms with Crippen LogP contribution in [0.3, 0.4) is 0 Å². The molecule has 2 aromatic carbocycles. The predicted molar refractivity (Wildman–Crippen MR) is 77.3 cm³/mol. The van der Waals surface area contributed by atoms with Crippen molar-refractivity contribution in [1.82, 2.24) is 0 Å². The molecule has 22 heavy (non-hydrogen) atoms. The Morgan fingerprint density at radius 2 is 1.68 bits per heavy atom. The van der Waals surface area contributed by atoms with Gasteiger partial charge in [-0.15, -0.1) is 0 Å². The molecule has 1 N–H and O–H groups in total. The van der Waals surface area contributed by atoms with E-state index in [-0.39, 0.29) is 10.5 Å². The van der Waals surface area contributed by atoms with Gasteiger partial charge >= 0.3 is 5.97 Å². The highest BCUT2D eigenvalue weighted by Gasteiger charge is 2.21. The third-order valence-electron chi connectivity index (χ3n) is 2.69. The van der Waals surface area contributed by atoms with Gasteiger partial charge in [-0.3, -0.25) is 20.2 Å². The van der Waals surface area contributed by atoms with Crippen LogP contribution in [0.1, 0.15) is 10.4 Å². The van der Waals surface area contributed by atoms with E-state index in [0.29, 0.717) is 4.90 Å². The molecular weight excluding hydrogens is 312 g/mol. The van der Waals surface area contributed by atoms with E-state index in [4.69, 9.17) is 5.11 Å². The summed E-state index contributed by atoms with van der Waals surface area (Å²) in [4.78, 5) is 31.9. The van der Waals surface area contributed by atoms with Crippen LogP contribution in [0, 0.1) is 20.2 Å². The molecule has 0 unspecified atom stereocenters. The van der Waals surface area contributed by atoms with Crippen LogP contribution in [0.15, 0.2) is 52.3 Å². The van der Waals surface area contributed by atoms with Gasteiger partial charge in [0.25, 0.3) is 11.4 Å². The minimum Gasteiger partial charge on any atom is -0.478 e. The van der Waals surface area contributed by atoms with E-state index in [1.54, 1.807) is 6.07 Å². The molecule has 0 aromatic heterocycles. The third-order valence-corrected chi connectivity index (χ3v) is 3.83. The molecule has 112 valence electrons. The number of aromatic carboxylic acids is 1. The highest BCUT2D eigenvalue weighted by Crippen LogP contribution is 2.38. The first-order valence-electron chi connectivity index (χ1n) is 5.83. The molecule has 0 aliphatic heterocycles. The summed E-state index contributed by atoms with van der Waals surface area (Å²) < 4.78 is 0. The molecule has 0 radical (unpaired) electrons. The van der Waals surface area contributed by atoms with E-state index in [2.05, 4.69) is 0 Å². The number of carboxylic acids is 1. The van der Waals surface area contributed by atoms with Crippen molar-refractivity contribution in [3.05, 3.63) is 68.3 Å². The standard InChI is InChI=1S/C13H8N2O6S/c16-13(17)9-3-1-2-4-11(9)22-12-6-5-8(14(18)19)7-10(12)15(20)21/h1-7H,(H,16,17). The summed E-state index contributed by atoms with van der Waals surface area (Å²) in [5.41, 5.74) is -0.845. The molecule has 0 fully saturated rings. The summed E-state index contributed by atoms with van der Waals surface area (Å²) in [5.74, 6) is -1.16. The third kappa shape index (κ3) is 3.20. The number of non-ortho nitro benzene ring substituents is 1. The Morgan fingerprint density at radius 3 is 2.27 bits per heavy atom. The minimum atomic E-state index is -1.16. The number of hydrogen-bond acceptors (Lipinski definition) is 6. The zero-order valence-electron chi connectivity index (χ0n) is 10.8. The van der Waals surface area contributed by atoms with E-state index in [1.807, 2.05) is 0 Å². The van der Waals surface area contributed by atoms with Gasteiger partial charge in [0.05, 0.1) is 26.4 Å². The van der Waals surface area contributed by atoms with Crippen LogP contribution in [-0.2, 0) is 0 Å². The number of rotatable bonds is 5. The van der Waals surface area contributed by atoms with Crippen LogP contribution in [-0.4, -0.2) is 20.9 Å². The predicted octanol–water partition coefficient (Wildman–Crippen LogP) is 3.35. The maximum Gasteiger partial charge on any atom is 0.336 e. The Morgan fingerprint density at radius 1 is 1.00 bits per heavy atom. The molecule has 2 aromatic rings. The van der Waals surface area contributed by atoms with E-state index >= 15 is 0 Å². The average molecular weight is 320 g/mol. The zero-order valence-corrected chi connectivity index (χ0v) is 11.6. The molecule has 0 atom stereocenters. The molecular formula is C13H8N2O6S. The van der Waals surface area contributed by atoms with E-state index in [1.165, 1.54) is 24.3 Å². The van der Waals surface area contributed by atoms with E-state index in [9.17, 15) is 25.0 Å². The lowest BCUT2D eigenvalue weighted by atomic mass is 10.2. The molecule has 0 heterocycles. The molecule has 0 aliphatic carbocycles. The lowest BCUT2D eigenvalue weighted by molar-refractivity contribution is -0.396. The average Bonchev–Trinajstić information content (AvgIpc) is 2.47. The second kappa shape index (κ2) is 6.22. The Bertz CT molecular complexity index is 777. The van der Waals surface area contributed by atoms with Crippen molar-refractivity contribution in [3.8, 4) is 0 Å². The number of nitro benzene ring substituents is 2. The van der Waals surface area contributed by atoms with Gasteiger partial charge in [0.15, 0.2) is 0 Å². The molecule has 0 amide bonds. The summed E-state index contributed by atoms with van der Waals surface area (Å²) in [6, 6.07) is 9.26. The van der Waals surface area contributed by atoms with Gasteiger partial charge in [-0.1, -0.05) is 23.9 Å². The second-order valence-corrected chi connectivity index (χ2v) is 5.15. The maximum absolute atomic E-state index is 11.1. The maximum atomic E-state index is 11.1. The van der Waals surface area contributed by atoms with Crippen molar-refractivity contribution >= 4 is 29.1 Å². The summed E-state index contributed by atoms with van der Waals surface area (Å²) in [7, 11) is 0. The molecule has 9 heteroatoms. The summed E-state index contributed by atoms with van der Waals surface area (Å²) in [6.07, 6.45) is 0. The van der Waals surface area contributed by atoms with E-state index in [0.717, 1.165) is 23.9 Å². The number of carbonyl (C=O) groups is 1. The fourth-order valence-electron chi connectivity index (χ4n) is 1.70. The number of benzene rings is 2. The summed E-state index contributed by atoms with van der Waals surface area (Å²) >= 11 is 0.873. The van der Waals surface area contributed by atoms with Crippen LogP contribution in [0.25, 0.3) is 0 Å². The van der Waals surface area contributed by atoms with E-state index < -0.39 is 27.2 Å². The number of nitrogens with zero attached hydrogens (tertiary/aromatic N) is 2. The van der Waals surface area contributed by atoms with Gasteiger partial charge in [0.2, 0.25) is 0 Å². The summed E-state index contributed by atoms with van der Waals surface area (Å²) in [6.45, 7) is 0. The summed E-state index contributed by atoms with van der Waals surface area (Å²) in [5, 5.41) is 30.8. The van der Waals surface area contributed by atoms with Crippen molar-refractivity contribution in [2.45, 2.75) is 9.79 Å². The minimum absolute atomic E-state index is 0.000140. The van der Waals surface area contributed by atoms with Crippen molar-refractivity contribution in [3.63, 3.8) is 0 Å². The van der Waals surface area contributed by atoms with Gasteiger partial charge in [-0.05, 0) is 18.2 Å². The van der Waals surface area contributed by atoms with Crippen LogP contribution in [0.5, 0.6) is 0 Å². The Balaban J connectivity index is 2.48. The van der Waals surface area contributed by atoms with Gasteiger partial charge in [-0.2, -0.15) is 0 Å². The molecule has 0 bridgehead atoms. The smallest absolute Gasteiger partial charge is 0.336 e. The quantitative estimate of drug-likeness (QED) is 0.661. The number of carboxylic acid groups (broad SMARTS) is 1.